The molecule has 0 amide bonds. The van der Waals surface area contributed by atoms with E-state index in [1.54, 1.807) is 0 Å². The van der Waals surface area contributed by atoms with Crippen molar-refractivity contribution < 1.29 is 4.79 Å². The van der Waals surface area contributed by atoms with Gasteiger partial charge >= 0.3 is 148 Å². The van der Waals surface area contributed by atoms with Crippen molar-refractivity contribution in [2.24, 2.45) is 0 Å². The van der Waals surface area contributed by atoms with E-state index in [9.17, 15) is 4.79 Å². The van der Waals surface area contributed by atoms with Crippen molar-refractivity contribution in [2.45, 2.75) is 53.4 Å². The Morgan fingerprint density at radius 1 is 0.913 bits per heavy atom. The summed E-state index contributed by atoms with van der Waals surface area (Å²) in [5.41, 5.74) is 4.01. The molecule has 0 aliphatic carbocycles. The normalized spacial score (nSPS) is 12.2. The third-order valence-electron chi connectivity index (χ3n) is 3.45. The molecule has 0 N–H and O–H groups in total. The quantitative estimate of drug-likeness (QED) is 0.339. The maximum absolute atomic E-state index is 12.1. The number of allylic oxidation sites excluding steroid dienone is 6. The zero-order valence-electron chi connectivity index (χ0n) is 14.8. The molecule has 124 valence electrons. The van der Waals surface area contributed by atoms with Gasteiger partial charge in [-0.25, -0.2) is 0 Å². The molecule has 1 rings (SSSR count). The van der Waals surface area contributed by atoms with Crippen molar-refractivity contribution >= 4 is 24.1 Å². The number of carbonyl (C=O) groups excluding carboxylic acids is 1. The number of rotatable bonds is 9. The van der Waals surface area contributed by atoms with Gasteiger partial charge in [0, 0.05) is 0 Å². The zero-order chi connectivity index (χ0) is 17.1. The van der Waals surface area contributed by atoms with E-state index in [0.717, 1.165) is 30.1 Å². The van der Waals surface area contributed by atoms with Gasteiger partial charge in [0.2, 0.25) is 0 Å². The molecule has 1 aromatic rings. The fraction of sp³-hybridized carbons (Fsp3) is 0.381. The van der Waals surface area contributed by atoms with Gasteiger partial charge in [0.05, 0.1) is 0 Å². The molecule has 2 heteroatoms. The Kier molecular flexibility index (Phi) is 9.59. The summed E-state index contributed by atoms with van der Waals surface area (Å²) in [7, 11) is 0. The molecule has 0 aliphatic rings. The molecular weight excluding hydrogens is 347 g/mol. The second-order valence-corrected chi connectivity index (χ2v) is 8.40. The standard InChI is InChI=1S/C21H28OSe/c1-17(2)10-8-11-18(3)12-9-13-19(4)16-21(22)23-20-14-6-5-7-15-20/h5-7,10,12,14-16H,8-9,11,13H2,1-4H3/b18-12+,19-16+. The van der Waals surface area contributed by atoms with Gasteiger partial charge in [-0.05, 0) is 0 Å². The molecule has 0 unspecified atom stereocenters. The van der Waals surface area contributed by atoms with Gasteiger partial charge in [-0.3, -0.25) is 0 Å². The minimum absolute atomic E-state index is 0.0986. The summed E-state index contributed by atoms with van der Waals surface area (Å²) >= 11 is -0.0986. The Morgan fingerprint density at radius 2 is 1.52 bits per heavy atom. The van der Waals surface area contributed by atoms with E-state index in [2.05, 4.69) is 39.8 Å². The third-order valence-corrected chi connectivity index (χ3v) is 5.18. The Bertz CT molecular complexity index is 575. The van der Waals surface area contributed by atoms with Crippen LogP contribution in [0.1, 0.15) is 53.4 Å². The van der Waals surface area contributed by atoms with E-state index >= 15 is 0 Å². The summed E-state index contributed by atoms with van der Waals surface area (Å²) < 4.78 is 1.40. The summed E-state index contributed by atoms with van der Waals surface area (Å²) in [5, 5.41) is 0. The summed E-state index contributed by atoms with van der Waals surface area (Å²) in [4.78, 5) is 12.1. The number of hydrogen-bond acceptors (Lipinski definition) is 1. The molecule has 0 bridgehead atoms. The first-order valence-electron chi connectivity index (χ1n) is 8.20. The van der Waals surface area contributed by atoms with Crippen LogP contribution in [0.4, 0.5) is 0 Å². The van der Waals surface area contributed by atoms with Gasteiger partial charge in [0.1, 0.15) is 0 Å². The van der Waals surface area contributed by atoms with E-state index in [1.807, 2.05) is 36.4 Å². The molecule has 0 spiro atoms. The van der Waals surface area contributed by atoms with Gasteiger partial charge in [-0.2, -0.15) is 0 Å². The van der Waals surface area contributed by atoms with Crippen LogP contribution < -0.4 is 4.46 Å². The van der Waals surface area contributed by atoms with Crippen molar-refractivity contribution in [3.05, 3.63) is 65.3 Å². The van der Waals surface area contributed by atoms with E-state index < -0.39 is 0 Å². The number of benzene rings is 1. The molecule has 0 aromatic heterocycles. The van der Waals surface area contributed by atoms with Crippen LogP contribution in [-0.4, -0.2) is 19.6 Å². The summed E-state index contributed by atoms with van der Waals surface area (Å²) in [6.07, 6.45) is 10.7. The first kappa shape index (κ1) is 19.7. The maximum atomic E-state index is 12.1. The first-order valence-corrected chi connectivity index (χ1v) is 9.91. The van der Waals surface area contributed by atoms with Gasteiger partial charge in [-0.1, -0.05) is 0 Å². The molecule has 0 aliphatic heterocycles. The molecule has 0 atom stereocenters. The Labute approximate surface area is 147 Å². The molecule has 0 fully saturated rings. The van der Waals surface area contributed by atoms with Crippen LogP contribution in [0.25, 0.3) is 0 Å². The van der Waals surface area contributed by atoms with Gasteiger partial charge in [-0.15, -0.1) is 0 Å². The predicted molar refractivity (Wildman–Crippen MR) is 102 cm³/mol. The monoisotopic (exact) mass is 376 g/mol. The van der Waals surface area contributed by atoms with Crippen LogP contribution in [0.2, 0.25) is 0 Å². The molecule has 0 radical (unpaired) electrons. The molecular formula is C21H28OSe. The minimum atomic E-state index is -0.0986. The van der Waals surface area contributed by atoms with Crippen molar-refractivity contribution in [1.82, 2.24) is 0 Å². The topological polar surface area (TPSA) is 17.1 Å². The number of hydrogen-bond donors (Lipinski definition) is 0. The van der Waals surface area contributed by atoms with Crippen LogP contribution in [-0.2, 0) is 4.79 Å². The van der Waals surface area contributed by atoms with E-state index in [4.69, 9.17) is 0 Å². The molecule has 0 heterocycles. The Balaban J connectivity index is 2.36. The molecule has 23 heavy (non-hydrogen) atoms. The summed E-state index contributed by atoms with van der Waals surface area (Å²) in [6, 6.07) is 10.0. The zero-order valence-corrected chi connectivity index (χ0v) is 16.5. The van der Waals surface area contributed by atoms with Crippen molar-refractivity contribution in [3.8, 4) is 0 Å². The van der Waals surface area contributed by atoms with Gasteiger partial charge in [0.25, 0.3) is 0 Å². The average molecular weight is 375 g/mol. The summed E-state index contributed by atoms with van der Waals surface area (Å²) in [5.74, 6) is 0. The SMILES string of the molecule is CC(C)=CCC/C(C)=C/CC/C(C)=C/C(=O)[Se]c1ccccc1. The number of carbonyl (C=O) groups is 1. The molecule has 0 saturated carbocycles. The van der Waals surface area contributed by atoms with Gasteiger partial charge < -0.3 is 0 Å². The fourth-order valence-corrected chi connectivity index (χ4v) is 3.79. The molecule has 1 nitrogen and oxygen atoms in total. The second-order valence-electron chi connectivity index (χ2n) is 6.13. The molecule has 1 aromatic carbocycles. The van der Waals surface area contributed by atoms with Crippen molar-refractivity contribution in [2.75, 3.05) is 0 Å². The Hall–Kier alpha value is -1.37. The van der Waals surface area contributed by atoms with E-state index in [0.29, 0.717) is 0 Å². The Morgan fingerprint density at radius 3 is 2.17 bits per heavy atom. The first-order chi connectivity index (χ1) is 11.0. The van der Waals surface area contributed by atoms with Crippen molar-refractivity contribution in [1.29, 1.82) is 0 Å². The van der Waals surface area contributed by atoms with Gasteiger partial charge in [0.15, 0.2) is 0 Å². The van der Waals surface area contributed by atoms with Crippen LogP contribution in [0.5, 0.6) is 0 Å². The van der Waals surface area contributed by atoms with Crippen LogP contribution in [0.3, 0.4) is 0 Å². The van der Waals surface area contributed by atoms with E-state index in [-0.39, 0.29) is 19.6 Å². The second kappa shape index (κ2) is 11.2. The van der Waals surface area contributed by atoms with Crippen molar-refractivity contribution in [3.63, 3.8) is 0 Å². The predicted octanol–water partition coefficient (Wildman–Crippen LogP) is 4.96. The third kappa shape index (κ3) is 10.1. The fourth-order valence-electron chi connectivity index (χ4n) is 2.14. The van der Waals surface area contributed by atoms with Crippen LogP contribution in [0.15, 0.2) is 65.3 Å². The van der Waals surface area contributed by atoms with E-state index in [1.165, 1.54) is 16.7 Å². The average Bonchev–Trinajstić information content (AvgIpc) is 2.47. The van der Waals surface area contributed by atoms with Crippen LogP contribution >= 0.6 is 0 Å². The summed E-state index contributed by atoms with van der Waals surface area (Å²) in [6.45, 7) is 8.54. The molecule has 0 saturated heterocycles. The van der Waals surface area contributed by atoms with Crippen LogP contribution in [0, 0.1) is 0 Å².